The monoisotopic (exact) mass is 510 g/mol. The maximum absolute atomic E-state index is 14.1. The second-order valence-corrected chi connectivity index (χ2v) is 9.74. The summed E-state index contributed by atoms with van der Waals surface area (Å²) in [5.74, 6) is 1.34. The third-order valence-corrected chi connectivity index (χ3v) is 7.33. The molecule has 2 aromatic carbocycles. The average Bonchev–Trinajstić information content (AvgIpc) is 3.51. The zero-order chi connectivity index (χ0) is 26.2. The zero-order valence-electron chi connectivity index (χ0n) is 21.5. The van der Waals surface area contributed by atoms with Crippen molar-refractivity contribution in [3.05, 3.63) is 72.1 Å². The Labute approximate surface area is 220 Å². The number of likely N-dealkylation sites (tertiary alicyclic amines) is 1. The summed E-state index contributed by atoms with van der Waals surface area (Å²) in [4.78, 5) is 30.9. The molecule has 10 heteroatoms. The van der Waals surface area contributed by atoms with E-state index in [1.165, 1.54) is 19.2 Å². The lowest BCUT2D eigenvalue weighted by molar-refractivity contribution is 0.0992. The Kier molecular flexibility index (Phi) is 6.16. The SMILES string of the molecule is Cc1cccc2c1C(=O)N(c1ccccc1OCCC1CCCN1C)C(=Cn1cnc3c(N)ncnc31)N2. The molecule has 10 nitrogen and oxygen atoms in total. The number of hydrogen-bond acceptors (Lipinski definition) is 8. The first-order chi connectivity index (χ1) is 18.5. The van der Waals surface area contributed by atoms with Crippen molar-refractivity contribution in [2.24, 2.45) is 0 Å². The number of nitrogen functional groups attached to an aromatic ring is 1. The number of nitrogens with one attached hydrogen (secondary N) is 1. The van der Waals surface area contributed by atoms with E-state index in [-0.39, 0.29) is 5.91 Å². The number of fused-ring (bicyclic) bond motifs is 2. The maximum Gasteiger partial charge on any atom is 0.266 e. The molecular weight excluding hydrogens is 480 g/mol. The smallest absolute Gasteiger partial charge is 0.266 e. The summed E-state index contributed by atoms with van der Waals surface area (Å²) >= 11 is 0. The zero-order valence-corrected chi connectivity index (χ0v) is 21.5. The highest BCUT2D eigenvalue weighted by Gasteiger charge is 2.33. The summed E-state index contributed by atoms with van der Waals surface area (Å²) in [5, 5.41) is 3.45. The van der Waals surface area contributed by atoms with Crippen molar-refractivity contribution in [3.8, 4) is 5.75 Å². The number of aromatic nitrogens is 4. The predicted molar refractivity (Wildman–Crippen MR) is 148 cm³/mol. The number of carbonyl (C=O) groups is 1. The first kappa shape index (κ1) is 23.9. The molecule has 194 valence electrons. The van der Waals surface area contributed by atoms with Gasteiger partial charge in [0.1, 0.15) is 24.2 Å². The molecule has 4 aromatic rings. The van der Waals surface area contributed by atoms with Crippen molar-refractivity contribution in [3.63, 3.8) is 0 Å². The molecule has 1 saturated heterocycles. The topological polar surface area (TPSA) is 114 Å². The number of hydrogen-bond donors (Lipinski definition) is 2. The molecule has 0 saturated carbocycles. The third-order valence-electron chi connectivity index (χ3n) is 7.33. The Morgan fingerprint density at radius 3 is 2.87 bits per heavy atom. The molecule has 0 spiro atoms. The summed E-state index contributed by atoms with van der Waals surface area (Å²) in [6, 6.07) is 13.9. The molecule has 4 heterocycles. The van der Waals surface area contributed by atoms with Gasteiger partial charge in [0, 0.05) is 6.04 Å². The number of amides is 1. The summed E-state index contributed by atoms with van der Waals surface area (Å²) < 4.78 is 8.04. The lowest BCUT2D eigenvalue weighted by atomic mass is 10.0. The van der Waals surface area contributed by atoms with Crippen molar-refractivity contribution in [2.75, 3.05) is 36.1 Å². The van der Waals surface area contributed by atoms with Crippen molar-refractivity contribution in [2.45, 2.75) is 32.2 Å². The Hall–Kier alpha value is -4.44. The fraction of sp³-hybridized carbons (Fsp3) is 0.286. The van der Waals surface area contributed by atoms with Crippen molar-refractivity contribution in [1.29, 1.82) is 0 Å². The quantitative estimate of drug-likeness (QED) is 0.398. The molecule has 2 aliphatic rings. The van der Waals surface area contributed by atoms with Gasteiger partial charge in [-0.3, -0.25) is 14.3 Å². The highest BCUT2D eigenvalue weighted by atomic mass is 16.5. The molecule has 38 heavy (non-hydrogen) atoms. The number of carbonyl (C=O) groups excluding carboxylic acids is 1. The van der Waals surface area contributed by atoms with E-state index >= 15 is 0 Å². The minimum atomic E-state index is -0.145. The summed E-state index contributed by atoms with van der Waals surface area (Å²) in [5.41, 5.74) is 9.93. The summed E-state index contributed by atoms with van der Waals surface area (Å²) in [6.07, 6.45) is 8.14. The van der Waals surface area contributed by atoms with Gasteiger partial charge in [0.2, 0.25) is 0 Å². The summed E-state index contributed by atoms with van der Waals surface area (Å²) in [6.45, 7) is 3.63. The number of benzene rings is 2. The molecular formula is C28H30N8O2. The van der Waals surface area contributed by atoms with Gasteiger partial charge in [-0.05, 0) is 63.5 Å². The van der Waals surface area contributed by atoms with E-state index in [1.54, 1.807) is 22.0 Å². The van der Waals surface area contributed by atoms with E-state index in [2.05, 4.69) is 32.2 Å². The van der Waals surface area contributed by atoms with Gasteiger partial charge < -0.3 is 20.7 Å². The highest BCUT2D eigenvalue weighted by Crippen LogP contribution is 2.38. The van der Waals surface area contributed by atoms with Crippen LogP contribution in [0.2, 0.25) is 0 Å². The molecule has 0 radical (unpaired) electrons. The van der Waals surface area contributed by atoms with Crippen LogP contribution in [-0.4, -0.2) is 56.6 Å². The maximum atomic E-state index is 14.1. The number of para-hydroxylation sites is 2. The number of rotatable bonds is 6. The van der Waals surface area contributed by atoms with Gasteiger partial charge in [-0.25, -0.2) is 15.0 Å². The van der Waals surface area contributed by atoms with E-state index in [1.807, 2.05) is 49.4 Å². The van der Waals surface area contributed by atoms with E-state index < -0.39 is 0 Å². The van der Waals surface area contributed by atoms with Crippen LogP contribution in [-0.2, 0) is 0 Å². The van der Waals surface area contributed by atoms with Crippen molar-refractivity contribution < 1.29 is 9.53 Å². The molecule has 1 amide bonds. The van der Waals surface area contributed by atoms with Gasteiger partial charge in [0.15, 0.2) is 17.0 Å². The van der Waals surface area contributed by atoms with Gasteiger partial charge in [0.05, 0.1) is 29.7 Å². The molecule has 1 fully saturated rings. The standard InChI is InChI=1S/C28H30N8O2/c1-18-7-5-9-20-24(18)28(37)36(23(33-20)15-35-17-32-25-26(29)30-16-31-27(25)35)21-10-3-4-11-22(21)38-14-12-19-8-6-13-34(19)2/h3-5,7,9-11,15-17,19,33H,6,8,12-14H2,1-2H3,(H2,29,30,31). The Morgan fingerprint density at radius 2 is 2.03 bits per heavy atom. The van der Waals surface area contributed by atoms with E-state index in [0.29, 0.717) is 52.5 Å². The first-order valence-corrected chi connectivity index (χ1v) is 12.8. The number of ether oxygens (including phenoxy) is 1. The fourth-order valence-corrected chi connectivity index (χ4v) is 5.31. The highest BCUT2D eigenvalue weighted by molar-refractivity contribution is 6.16. The molecule has 6 rings (SSSR count). The second-order valence-electron chi connectivity index (χ2n) is 9.74. The van der Waals surface area contributed by atoms with Gasteiger partial charge in [0.25, 0.3) is 5.91 Å². The number of nitrogens with two attached hydrogens (primary N) is 1. The second kappa shape index (κ2) is 9.79. The van der Waals surface area contributed by atoms with Crippen LogP contribution in [0.15, 0.2) is 60.9 Å². The van der Waals surface area contributed by atoms with E-state index in [9.17, 15) is 4.79 Å². The van der Waals surface area contributed by atoms with Gasteiger partial charge in [-0.15, -0.1) is 0 Å². The van der Waals surface area contributed by atoms with Gasteiger partial charge in [-0.2, -0.15) is 0 Å². The molecule has 0 bridgehead atoms. The van der Waals surface area contributed by atoms with Crippen LogP contribution < -0.4 is 20.7 Å². The minimum absolute atomic E-state index is 0.145. The predicted octanol–water partition coefficient (Wildman–Crippen LogP) is 4.11. The van der Waals surface area contributed by atoms with Crippen LogP contribution in [0, 0.1) is 6.92 Å². The largest absolute Gasteiger partial charge is 0.491 e. The molecule has 0 aliphatic carbocycles. The number of aryl methyl sites for hydroxylation is 1. The lowest BCUT2D eigenvalue weighted by Gasteiger charge is -2.33. The average molecular weight is 511 g/mol. The first-order valence-electron chi connectivity index (χ1n) is 12.8. The van der Waals surface area contributed by atoms with Crippen LogP contribution in [0.5, 0.6) is 5.75 Å². The Balaban J connectivity index is 1.41. The number of imidazole rings is 1. The van der Waals surface area contributed by atoms with Crippen LogP contribution in [0.25, 0.3) is 17.4 Å². The normalized spacial score (nSPS) is 18.7. The van der Waals surface area contributed by atoms with Crippen LogP contribution >= 0.6 is 0 Å². The Bertz CT molecular complexity index is 1550. The Morgan fingerprint density at radius 1 is 1.16 bits per heavy atom. The lowest BCUT2D eigenvalue weighted by Crippen LogP contribution is -2.39. The number of anilines is 3. The van der Waals surface area contributed by atoms with Crippen LogP contribution in [0.3, 0.4) is 0 Å². The van der Waals surface area contributed by atoms with Crippen LogP contribution in [0.4, 0.5) is 17.2 Å². The summed E-state index contributed by atoms with van der Waals surface area (Å²) in [7, 11) is 2.17. The molecule has 2 aromatic heterocycles. The minimum Gasteiger partial charge on any atom is -0.491 e. The third kappa shape index (κ3) is 4.22. The molecule has 3 N–H and O–H groups in total. The van der Waals surface area contributed by atoms with Crippen molar-refractivity contribution in [1.82, 2.24) is 24.4 Å². The van der Waals surface area contributed by atoms with Gasteiger partial charge >= 0.3 is 0 Å². The fourth-order valence-electron chi connectivity index (χ4n) is 5.31. The molecule has 1 atom stereocenters. The van der Waals surface area contributed by atoms with E-state index in [4.69, 9.17) is 10.5 Å². The van der Waals surface area contributed by atoms with Gasteiger partial charge in [-0.1, -0.05) is 24.3 Å². The molecule has 1 unspecified atom stereocenters. The number of nitrogens with zero attached hydrogens (tertiary/aromatic N) is 6. The molecule has 2 aliphatic heterocycles. The van der Waals surface area contributed by atoms with Crippen LogP contribution in [0.1, 0.15) is 35.2 Å². The van der Waals surface area contributed by atoms with Crippen molar-refractivity contribution >= 4 is 40.5 Å². The van der Waals surface area contributed by atoms with E-state index in [0.717, 1.165) is 24.2 Å².